The van der Waals surface area contributed by atoms with Crippen molar-refractivity contribution in [3.63, 3.8) is 0 Å². The fraction of sp³-hybridized carbons (Fsp3) is 0.103. The van der Waals surface area contributed by atoms with E-state index < -0.39 is 36.2 Å². The van der Waals surface area contributed by atoms with Crippen LogP contribution in [0.1, 0.15) is 28.8 Å². The molecule has 0 radical (unpaired) electrons. The summed E-state index contributed by atoms with van der Waals surface area (Å²) in [5.74, 6) is -4.12. The number of carboxylic acid groups (broad SMARTS) is 2. The van der Waals surface area contributed by atoms with Gasteiger partial charge in [-0.05, 0) is 48.9 Å². The number of carbonyl (C=O) groups is 4. The minimum atomic E-state index is -1.49. The molecule has 0 saturated heterocycles. The lowest BCUT2D eigenvalue weighted by molar-refractivity contribution is -0.142. The van der Waals surface area contributed by atoms with E-state index in [0.29, 0.717) is 16.8 Å². The molecule has 202 valence electrons. The van der Waals surface area contributed by atoms with Crippen molar-refractivity contribution in [3.05, 3.63) is 108 Å². The molecule has 4 N–H and O–H groups in total. The van der Waals surface area contributed by atoms with Gasteiger partial charge in [0.15, 0.2) is 0 Å². The number of amides is 2. The van der Waals surface area contributed by atoms with Crippen LogP contribution in [-0.2, 0) is 14.4 Å². The van der Waals surface area contributed by atoms with Crippen molar-refractivity contribution in [1.29, 1.82) is 0 Å². The Labute approximate surface area is 228 Å². The summed E-state index contributed by atoms with van der Waals surface area (Å²) in [7, 11) is 0. The monoisotopic (exact) mass is 539 g/mol. The molecule has 4 rings (SSSR count). The molecule has 0 spiro atoms. The van der Waals surface area contributed by atoms with E-state index in [1.165, 1.54) is 6.08 Å². The SMILES string of the molecule is O=C(O)CC[C@@H](NC(=O)/C(=C\c1cn(-c2ccccc2)nc1-c1cccnc1)NC(=O)c1ccccc1)C(=O)O. The van der Waals surface area contributed by atoms with Crippen LogP contribution < -0.4 is 10.6 Å². The first-order chi connectivity index (χ1) is 19.3. The highest BCUT2D eigenvalue weighted by Gasteiger charge is 2.25. The Morgan fingerprint density at radius 3 is 2.25 bits per heavy atom. The number of nitrogens with zero attached hydrogens (tertiary/aromatic N) is 3. The second-order valence-corrected chi connectivity index (χ2v) is 8.63. The molecule has 2 aromatic heterocycles. The summed E-state index contributed by atoms with van der Waals surface area (Å²) < 4.78 is 1.61. The maximum absolute atomic E-state index is 13.4. The number of para-hydroxylation sites is 1. The largest absolute Gasteiger partial charge is 0.481 e. The first-order valence-corrected chi connectivity index (χ1v) is 12.2. The molecule has 4 aromatic rings. The minimum Gasteiger partial charge on any atom is -0.481 e. The third kappa shape index (κ3) is 7.04. The van der Waals surface area contributed by atoms with Gasteiger partial charge in [0.05, 0.1) is 5.69 Å². The van der Waals surface area contributed by atoms with Gasteiger partial charge in [0, 0.05) is 41.7 Å². The van der Waals surface area contributed by atoms with Crippen molar-refractivity contribution in [2.45, 2.75) is 18.9 Å². The van der Waals surface area contributed by atoms with E-state index in [0.717, 1.165) is 5.69 Å². The molecule has 0 saturated carbocycles. The van der Waals surface area contributed by atoms with Crippen molar-refractivity contribution in [2.24, 2.45) is 0 Å². The number of carbonyl (C=O) groups excluding carboxylic acids is 2. The molecule has 11 nitrogen and oxygen atoms in total. The van der Waals surface area contributed by atoms with Crippen molar-refractivity contribution in [3.8, 4) is 16.9 Å². The number of benzene rings is 2. The second-order valence-electron chi connectivity index (χ2n) is 8.63. The van der Waals surface area contributed by atoms with E-state index in [9.17, 15) is 24.3 Å². The van der Waals surface area contributed by atoms with Crippen LogP contribution >= 0.6 is 0 Å². The molecule has 0 aliphatic heterocycles. The average Bonchev–Trinajstić information content (AvgIpc) is 3.39. The number of pyridine rings is 1. The zero-order valence-electron chi connectivity index (χ0n) is 21.1. The molecule has 2 amide bonds. The van der Waals surface area contributed by atoms with Crippen LogP contribution in [0.15, 0.2) is 97.1 Å². The molecule has 40 heavy (non-hydrogen) atoms. The Balaban J connectivity index is 1.77. The Kier molecular flexibility index (Phi) is 8.77. The van der Waals surface area contributed by atoms with Crippen LogP contribution in [0.2, 0.25) is 0 Å². The highest BCUT2D eigenvalue weighted by atomic mass is 16.4. The number of hydrogen-bond acceptors (Lipinski definition) is 6. The summed E-state index contributed by atoms with van der Waals surface area (Å²) in [6.07, 6.45) is 5.45. The number of aliphatic carboxylic acids is 2. The summed E-state index contributed by atoms with van der Waals surface area (Å²) in [5.41, 5.74) is 2.29. The predicted octanol–water partition coefficient (Wildman–Crippen LogP) is 3.14. The van der Waals surface area contributed by atoms with Gasteiger partial charge in [-0.15, -0.1) is 0 Å². The Hall–Kier alpha value is -5.58. The van der Waals surface area contributed by atoms with E-state index in [-0.39, 0.29) is 17.7 Å². The Bertz CT molecular complexity index is 1540. The van der Waals surface area contributed by atoms with Gasteiger partial charge in [-0.1, -0.05) is 36.4 Å². The van der Waals surface area contributed by atoms with Crippen molar-refractivity contribution in [1.82, 2.24) is 25.4 Å². The molecule has 0 aliphatic rings. The summed E-state index contributed by atoms with van der Waals surface area (Å²) >= 11 is 0. The van der Waals surface area contributed by atoms with Gasteiger partial charge in [0.2, 0.25) is 0 Å². The topological polar surface area (TPSA) is 164 Å². The van der Waals surface area contributed by atoms with Crippen LogP contribution in [0.3, 0.4) is 0 Å². The highest BCUT2D eigenvalue weighted by Crippen LogP contribution is 2.25. The molecule has 11 heteroatoms. The highest BCUT2D eigenvalue weighted by molar-refractivity contribution is 6.06. The summed E-state index contributed by atoms with van der Waals surface area (Å²) in [5, 5.41) is 28.1. The molecule has 2 heterocycles. The Morgan fingerprint density at radius 1 is 0.925 bits per heavy atom. The normalized spacial score (nSPS) is 11.8. The summed E-state index contributed by atoms with van der Waals surface area (Å²) in [6.45, 7) is 0. The van der Waals surface area contributed by atoms with E-state index in [2.05, 4.69) is 20.7 Å². The lowest BCUT2D eigenvalue weighted by atomic mass is 10.1. The quantitative estimate of drug-likeness (QED) is 0.211. The lowest BCUT2D eigenvalue weighted by Gasteiger charge is -2.16. The van der Waals surface area contributed by atoms with Gasteiger partial charge in [-0.3, -0.25) is 19.4 Å². The number of rotatable bonds is 11. The van der Waals surface area contributed by atoms with Crippen molar-refractivity contribution >= 4 is 29.8 Å². The summed E-state index contributed by atoms with van der Waals surface area (Å²) in [4.78, 5) is 53.2. The van der Waals surface area contributed by atoms with Gasteiger partial charge in [0.1, 0.15) is 17.4 Å². The molecule has 0 aliphatic carbocycles. The van der Waals surface area contributed by atoms with Gasteiger partial charge >= 0.3 is 11.9 Å². The van der Waals surface area contributed by atoms with Gasteiger partial charge < -0.3 is 20.8 Å². The zero-order valence-corrected chi connectivity index (χ0v) is 21.1. The van der Waals surface area contributed by atoms with Crippen LogP contribution in [0.25, 0.3) is 23.0 Å². The third-order valence-electron chi connectivity index (χ3n) is 5.78. The molecular weight excluding hydrogens is 514 g/mol. The molecule has 1 atom stereocenters. The smallest absolute Gasteiger partial charge is 0.326 e. The van der Waals surface area contributed by atoms with Crippen LogP contribution in [0, 0.1) is 0 Å². The second kappa shape index (κ2) is 12.8. The van der Waals surface area contributed by atoms with Crippen LogP contribution in [0.5, 0.6) is 0 Å². The van der Waals surface area contributed by atoms with E-state index in [1.54, 1.807) is 65.7 Å². The third-order valence-corrected chi connectivity index (χ3v) is 5.78. The fourth-order valence-electron chi connectivity index (χ4n) is 3.79. The number of carboxylic acids is 2. The standard InChI is InChI=1S/C29H25N5O6/c35-25(36)14-13-23(29(39)40)31-28(38)24(32-27(37)19-8-3-1-4-9-19)16-21-18-34(22-11-5-2-6-12-22)33-26(21)20-10-7-15-30-17-20/h1-12,15-18,23H,13-14H2,(H,31,38)(H,32,37)(H,35,36)(H,39,40)/b24-16+/t23-/m1/s1. The first-order valence-electron chi connectivity index (χ1n) is 12.2. The van der Waals surface area contributed by atoms with Crippen molar-refractivity contribution < 1.29 is 29.4 Å². The maximum atomic E-state index is 13.4. The van der Waals surface area contributed by atoms with Crippen molar-refractivity contribution in [2.75, 3.05) is 0 Å². The average molecular weight is 540 g/mol. The molecule has 0 bridgehead atoms. The number of aromatic nitrogens is 3. The van der Waals surface area contributed by atoms with Gasteiger partial charge in [-0.25, -0.2) is 9.48 Å². The van der Waals surface area contributed by atoms with Crippen LogP contribution in [0.4, 0.5) is 0 Å². The van der Waals surface area contributed by atoms with Gasteiger partial charge in [0.25, 0.3) is 11.8 Å². The van der Waals surface area contributed by atoms with Crippen LogP contribution in [-0.4, -0.2) is 54.8 Å². The fourth-order valence-corrected chi connectivity index (χ4v) is 3.79. The summed E-state index contributed by atoms with van der Waals surface area (Å²) in [6, 6.07) is 19.5. The number of hydrogen-bond donors (Lipinski definition) is 4. The maximum Gasteiger partial charge on any atom is 0.326 e. The van der Waals surface area contributed by atoms with E-state index in [1.807, 2.05) is 30.3 Å². The lowest BCUT2D eigenvalue weighted by Crippen LogP contribution is -2.44. The first kappa shape index (κ1) is 27.5. The van der Waals surface area contributed by atoms with E-state index in [4.69, 9.17) is 5.11 Å². The van der Waals surface area contributed by atoms with E-state index >= 15 is 0 Å². The molecule has 0 fully saturated rings. The zero-order chi connectivity index (χ0) is 28.5. The van der Waals surface area contributed by atoms with Gasteiger partial charge in [-0.2, -0.15) is 5.10 Å². The molecule has 0 unspecified atom stereocenters. The Morgan fingerprint density at radius 2 is 1.62 bits per heavy atom. The number of nitrogens with one attached hydrogen (secondary N) is 2. The molecular formula is C29H25N5O6. The minimum absolute atomic E-state index is 0.256. The molecule has 2 aromatic carbocycles. The predicted molar refractivity (Wildman–Crippen MR) is 145 cm³/mol.